The lowest BCUT2D eigenvalue weighted by Crippen LogP contribution is -2.48. The second-order valence-corrected chi connectivity index (χ2v) is 8.41. The van der Waals surface area contributed by atoms with Crippen LogP contribution in [0.15, 0.2) is 41.8 Å². The summed E-state index contributed by atoms with van der Waals surface area (Å²) < 4.78 is 1.93. The first-order valence-corrected chi connectivity index (χ1v) is 11.1. The Morgan fingerprint density at radius 3 is 2.57 bits per heavy atom. The highest BCUT2D eigenvalue weighted by molar-refractivity contribution is 7.09. The zero-order valence-corrected chi connectivity index (χ0v) is 17.7. The summed E-state index contributed by atoms with van der Waals surface area (Å²) >= 11 is 1.71. The third-order valence-corrected chi connectivity index (χ3v) is 6.35. The summed E-state index contributed by atoms with van der Waals surface area (Å²) in [6, 6.07) is 11.1. The smallest absolute Gasteiger partial charge is 0.269 e. The Bertz CT molecular complexity index is 950. The van der Waals surface area contributed by atoms with Gasteiger partial charge in [-0.3, -0.25) is 15.0 Å². The van der Waals surface area contributed by atoms with Gasteiger partial charge in [0.2, 0.25) is 0 Å². The van der Waals surface area contributed by atoms with Gasteiger partial charge in [0, 0.05) is 48.9 Å². The Hall–Kier alpha value is -2.85. The lowest BCUT2D eigenvalue weighted by Gasteiger charge is -2.39. The van der Waals surface area contributed by atoms with Crippen LogP contribution in [0.2, 0.25) is 0 Å². The second-order valence-electron chi connectivity index (χ2n) is 7.38. The number of nitrogens with zero attached hydrogens (tertiary/aromatic N) is 7. The number of anilines is 1. The quantitative estimate of drug-likeness (QED) is 0.402. The molecule has 1 fully saturated rings. The van der Waals surface area contributed by atoms with Crippen molar-refractivity contribution in [3.05, 3.63) is 62.6 Å². The Morgan fingerprint density at radius 2 is 1.93 bits per heavy atom. The van der Waals surface area contributed by atoms with Gasteiger partial charge in [-0.15, -0.1) is 16.4 Å². The fourth-order valence-corrected chi connectivity index (χ4v) is 4.62. The highest BCUT2D eigenvalue weighted by Crippen LogP contribution is 2.28. The van der Waals surface area contributed by atoms with Crippen molar-refractivity contribution < 1.29 is 4.92 Å². The molecule has 1 unspecified atom stereocenters. The van der Waals surface area contributed by atoms with Crippen LogP contribution < -0.4 is 4.90 Å². The number of non-ortho nitro benzene ring substituents is 1. The van der Waals surface area contributed by atoms with Gasteiger partial charge in [-0.05, 0) is 40.4 Å². The lowest BCUT2D eigenvalue weighted by atomic mass is 10.1. The largest absolute Gasteiger partial charge is 0.369 e. The van der Waals surface area contributed by atoms with Gasteiger partial charge in [0.15, 0.2) is 5.82 Å². The van der Waals surface area contributed by atoms with E-state index in [-0.39, 0.29) is 16.7 Å². The molecule has 0 bridgehead atoms. The van der Waals surface area contributed by atoms with E-state index < -0.39 is 0 Å². The molecule has 30 heavy (non-hydrogen) atoms. The monoisotopic (exact) mass is 427 g/mol. The Balaban J connectivity index is 1.44. The Labute approximate surface area is 179 Å². The molecule has 3 aromatic rings. The maximum Gasteiger partial charge on any atom is 0.269 e. The zero-order valence-electron chi connectivity index (χ0n) is 16.9. The van der Waals surface area contributed by atoms with Gasteiger partial charge in [-0.25, -0.2) is 4.68 Å². The van der Waals surface area contributed by atoms with E-state index in [4.69, 9.17) is 0 Å². The van der Waals surface area contributed by atoms with E-state index in [2.05, 4.69) is 43.7 Å². The first kappa shape index (κ1) is 20.4. The first-order chi connectivity index (χ1) is 14.7. The van der Waals surface area contributed by atoms with Gasteiger partial charge in [-0.1, -0.05) is 19.4 Å². The van der Waals surface area contributed by atoms with Gasteiger partial charge in [0.25, 0.3) is 5.69 Å². The van der Waals surface area contributed by atoms with Gasteiger partial charge < -0.3 is 4.90 Å². The molecule has 1 aromatic carbocycles. The fourth-order valence-electron chi connectivity index (χ4n) is 3.94. The third-order valence-electron chi connectivity index (χ3n) is 5.49. The van der Waals surface area contributed by atoms with E-state index in [1.165, 1.54) is 4.88 Å². The summed E-state index contributed by atoms with van der Waals surface area (Å²) in [5.74, 6) is 0.925. The van der Waals surface area contributed by atoms with E-state index in [0.717, 1.165) is 50.5 Å². The van der Waals surface area contributed by atoms with Crippen LogP contribution in [-0.2, 0) is 6.54 Å². The molecular formula is C20H25N7O2S. The zero-order chi connectivity index (χ0) is 20.9. The number of hydrogen-bond acceptors (Lipinski definition) is 8. The van der Waals surface area contributed by atoms with Crippen LogP contribution in [0.5, 0.6) is 0 Å². The summed E-state index contributed by atoms with van der Waals surface area (Å²) in [4.78, 5) is 16.5. The molecule has 0 spiro atoms. The van der Waals surface area contributed by atoms with Gasteiger partial charge in [0.1, 0.15) is 0 Å². The molecule has 0 amide bonds. The standard InChI is InChI=1S/C20H25N7O2S/c1-2-4-19(20-21-22-23-26(20)15-18-5-3-14-30-18)25-12-10-24(11-13-25)16-6-8-17(9-7-16)27(28)29/h3,5-9,14,19H,2,4,10-13,15H2,1H3. The number of thiophene rings is 1. The predicted octanol–water partition coefficient (Wildman–Crippen LogP) is 3.35. The summed E-state index contributed by atoms with van der Waals surface area (Å²) in [5.41, 5.74) is 1.15. The molecule has 0 saturated carbocycles. The van der Waals surface area contributed by atoms with Crippen molar-refractivity contribution in [2.24, 2.45) is 0 Å². The molecular weight excluding hydrogens is 402 g/mol. The molecule has 158 valence electrons. The molecule has 10 heteroatoms. The molecule has 3 heterocycles. The van der Waals surface area contributed by atoms with E-state index in [1.807, 2.05) is 22.9 Å². The van der Waals surface area contributed by atoms with Gasteiger partial charge in [0.05, 0.1) is 17.5 Å². The summed E-state index contributed by atoms with van der Waals surface area (Å²) in [7, 11) is 0. The first-order valence-electron chi connectivity index (χ1n) is 10.2. The Kier molecular flexibility index (Phi) is 6.34. The normalized spacial score (nSPS) is 16.0. The van der Waals surface area contributed by atoms with Crippen LogP contribution >= 0.6 is 11.3 Å². The molecule has 1 atom stereocenters. The highest BCUT2D eigenvalue weighted by atomic mass is 32.1. The van der Waals surface area contributed by atoms with Crippen LogP contribution in [0.25, 0.3) is 0 Å². The van der Waals surface area contributed by atoms with Crippen molar-refractivity contribution in [2.75, 3.05) is 31.1 Å². The molecule has 4 rings (SSSR count). The number of nitro benzene ring substituents is 1. The fraction of sp³-hybridized carbons (Fsp3) is 0.450. The van der Waals surface area contributed by atoms with E-state index in [0.29, 0.717) is 6.54 Å². The number of piperazine rings is 1. The number of rotatable bonds is 8. The highest BCUT2D eigenvalue weighted by Gasteiger charge is 2.29. The minimum Gasteiger partial charge on any atom is -0.369 e. The summed E-state index contributed by atoms with van der Waals surface area (Å²) in [5, 5.41) is 25.5. The number of aromatic nitrogens is 4. The maximum atomic E-state index is 10.9. The molecule has 0 N–H and O–H groups in total. The molecule has 9 nitrogen and oxygen atoms in total. The topological polar surface area (TPSA) is 93.2 Å². The number of tetrazole rings is 1. The van der Waals surface area contributed by atoms with Crippen molar-refractivity contribution in [2.45, 2.75) is 32.4 Å². The van der Waals surface area contributed by atoms with Crippen molar-refractivity contribution in [1.29, 1.82) is 0 Å². The molecule has 1 saturated heterocycles. The number of benzene rings is 1. The molecule has 0 aliphatic carbocycles. The second kappa shape index (κ2) is 9.31. The summed E-state index contributed by atoms with van der Waals surface area (Å²) in [6.07, 6.45) is 2.06. The van der Waals surface area contributed by atoms with Crippen molar-refractivity contribution in [1.82, 2.24) is 25.1 Å². The van der Waals surface area contributed by atoms with Crippen LogP contribution in [0.1, 0.15) is 36.5 Å². The average Bonchev–Trinajstić information content (AvgIpc) is 3.45. The third kappa shape index (κ3) is 4.49. The van der Waals surface area contributed by atoms with Crippen LogP contribution in [-0.4, -0.2) is 56.2 Å². The summed E-state index contributed by atoms with van der Waals surface area (Å²) in [6.45, 7) is 6.41. The van der Waals surface area contributed by atoms with E-state index >= 15 is 0 Å². The SMILES string of the molecule is CCCC(c1nnnn1Cc1cccs1)N1CCN(c2ccc([N+](=O)[O-])cc2)CC1. The minimum absolute atomic E-state index is 0.123. The number of nitro groups is 1. The Morgan fingerprint density at radius 1 is 1.17 bits per heavy atom. The van der Waals surface area contributed by atoms with Crippen LogP contribution in [0.4, 0.5) is 11.4 Å². The average molecular weight is 428 g/mol. The molecule has 1 aliphatic rings. The number of hydrogen-bond donors (Lipinski definition) is 0. The molecule has 1 aliphatic heterocycles. The van der Waals surface area contributed by atoms with Crippen molar-refractivity contribution in [3.8, 4) is 0 Å². The molecule has 2 aromatic heterocycles. The maximum absolute atomic E-state index is 10.9. The predicted molar refractivity (Wildman–Crippen MR) is 116 cm³/mol. The van der Waals surface area contributed by atoms with Crippen LogP contribution in [0.3, 0.4) is 0 Å². The van der Waals surface area contributed by atoms with E-state index in [9.17, 15) is 10.1 Å². The van der Waals surface area contributed by atoms with Crippen LogP contribution in [0, 0.1) is 10.1 Å². The van der Waals surface area contributed by atoms with Crippen molar-refractivity contribution >= 4 is 22.7 Å². The lowest BCUT2D eigenvalue weighted by molar-refractivity contribution is -0.384. The van der Waals surface area contributed by atoms with E-state index in [1.54, 1.807) is 23.5 Å². The van der Waals surface area contributed by atoms with Gasteiger partial charge in [-0.2, -0.15) is 0 Å². The van der Waals surface area contributed by atoms with Crippen molar-refractivity contribution in [3.63, 3.8) is 0 Å². The van der Waals surface area contributed by atoms with Gasteiger partial charge >= 0.3 is 0 Å². The molecule has 0 radical (unpaired) electrons. The minimum atomic E-state index is -0.364.